The lowest BCUT2D eigenvalue weighted by Gasteiger charge is -2.10. The van der Waals surface area contributed by atoms with Gasteiger partial charge in [-0.15, -0.1) is 0 Å². The summed E-state index contributed by atoms with van der Waals surface area (Å²) < 4.78 is 0. The first kappa shape index (κ1) is 15.3. The fraction of sp³-hybridized carbons (Fsp3) is 0.412. The molecule has 1 aromatic rings. The zero-order valence-corrected chi connectivity index (χ0v) is 12.6. The lowest BCUT2D eigenvalue weighted by atomic mass is 10.1. The van der Waals surface area contributed by atoms with E-state index in [0.717, 1.165) is 18.4 Å². The molecule has 2 rings (SSSR count). The quantitative estimate of drug-likeness (QED) is 0.864. The van der Waals surface area contributed by atoms with E-state index in [4.69, 9.17) is 0 Å². The van der Waals surface area contributed by atoms with E-state index in [1.165, 1.54) is 12.8 Å². The smallest absolute Gasteiger partial charge is 0.253 e. The monoisotopic (exact) mass is 286 g/mol. The van der Waals surface area contributed by atoms with Crippen LogP contribution in [-0.2, 0) is 4.79 Å². The molecule has 0 atom stereocenters. The molecule has 2 amide bonds. The van der Waals surface area contributed by atoms with Gasteiger partial charge in [-0.1, -0.05) is 25.0 Å². The average molecular weight is 286 g/mol. The first-order valence-electron chi connectivity index (χ1n) is 7.36. The molecule has 0 unspecified atom stereocenters. The van der Waals surface area contributed by atoms with Crippen LogP contribution in [0.2, 0.25) is 0 Å². The molecule has 4 nitrogen and oxygen atoms in total. The van der Waals surface area contributed by atoms with Crippen molar-refractivity contribution in [2.45, 2.75) is 31.7 Å². The van der Waals surface area contributed by atoms with Gasteiger partial charge in [0.2, 0.25) is 5.91 Å². The second-order valence-corrected chi connectivity index (χ2v) is 5.64. The van der Waals surface area contributed by atoms with Crippen LogP contribution in [0.15, 0.2) is 30.3 Å². The number of amides is 2. The maximum atomic E-state index is 11.8. The van der Waals surface area contributed by atoms with E-state index in [1.54, 1.807) is 43.3 Å². The molecule has 0 saturated heterocycles. The van der Waals surface area contributed by atoms with Crippen LogP contribution >= 0.6 is 0 Å². The fourth-order valence-corrected chi connectivity index (χ4v) is 2.49. The lowest BCUT2D eigenvalue weighted by molar-refractivity contribution is -0.117. The SMILES string of the molecule is CN(C)C(=O)c1ccc(/C=C/C(=O)NC2CCCC2)cc1. The maximum Gasteiger partial charge on any atom is 0.253 e. The summed E-state index contributed by atoms with van der Waals surface area (Å²) in [5, 5.41) is 3.01. The van der Waals surface area contributed by atoms with Crippen molar-refractivity contribution in [2.75, 3.05) is 14.1 Å². The number of nitrogens with zero attached hydrogens (tertiary/aromatic N) is 1. The Morgan fingerprint density at radius 2 is 1.76 bits per heavy atom. The molecule has 0 spiro atoms. The van der Waals surface area contributed by atoms with Gasteiger partial charge in [0.1, 0.15) is 0 Å². The Labute approximate surface area is 125 Å². The lowest BCUT2D eigenvalue weighted by Crippen LogP contribution is -2.30. The molecule has 1 saturated carbocycles. The van der Waals surface area contributed by atoms with E-state index in [2.05, 4.69) is 5.32 Å². The number of carbonyl (C=O) groups excluding carboxylic acids is 2. The van der Waals surface area contributed by atoms with E-state index in [1.807, 2.05) is 12.1 Å². The van der Waals surface area contributed by atoms with Crippen LogP contribution in [0.4, 0.5) is 0 Å². The zero-order chi connectivity index (χ0) is 15.2. The van der Waals surface area contributed by atoms with Gasteiger partial charge in [0.25, 0.3) is 5.91 Å². The van der Waals surface area contributed by atoms with Gasteiger partial charge in [0, 0.05) is 31.8 Å². The summed E-state index contributed by atoms with van der Waals surface area (Å²) in [6.07, 6.45) is 7.91. The third-order valence-electron chi connectivity index (χ3n) is 3.69. The summed E-state index contributed by atoms with van der Waals surface area (Å²) in [7, 11) is 3.45. The Bertz CT molecular complexity index is 526. The van der Waals surface area contributed by atoms with Gasteiger partial charge in [-0.05, 0) is 36.6 Å². The molecule has 0 heterocycles. The molecule has 1 fully saturated rings. The Hall–Kier alpha value is -2.10. The molecule has 0 radical (unpaired) electrons. The molecule has 1 N–H and O–H groups in total. The third kappa shape index (κ3) is 4.45. The number of carbonyl (C=O) groups is 2. The Morgan fingerprint density at radius 1 is 1.14 bits per heavy atom. The highest BCUT2D eigenvalue weighted by Gasteiger charge is 2.15. The summed E-state index contributed by atoms with van der Waals surface area (Å²) in [6.45, 7) is 0. The van der Waals surface area contributed by atoms with Gasteiger partial charge in [0.05, 0.1) is 0 Å². The van der Waals surface area contributed by atoms with Crippen molar-refractivity contribution < 1.29 is 9.59 Å². The molecule has 0 aromatic heterocycles. The van der Waals surface area contributed by atoms with Crippen molar-refractivity contribution in [3.63, 3.8) is 0 Å². The maximum absolute atomic E-state index is 11.8. The Kier molecular flexibility index (Phi) is 5.14. The van der Waals surface area contributed by atoms with Gasteiger partial charge in [-0.2, -0.15) is 0 Å². The summed E-state index contributed by atoms with van der Waals surface area (Å²) in [5.41, 5.74) is 1.56. The van der Waals surface area contributed by atoms with E-state index >= 15 is 0 Å². The highest BCUT2D eigenvalue weighted by molar-refractivity contribution is 5.94. The van der Waals surface area contributed by atoms with Gasteiger partial charge < -0.3 is 10.2 Å². The molecule has 1 aliphatic rings. The van der Waals surface area contributed by atoms with Crippen molar-refractivity contribution in [2.24, 2.45) is 0 Å². The Balaban J connectivity index is 1.91. The van der Waals surface area contributed by atoms with Crippen LogP contribution in [0.25, 0.3) is 6.08 Å². The van der Waals surface area contributed by atoms with Crippen molar-refractivity contribution in [1.29, 1.82) is 0 Å². The number of rotatable bonds is 4. The Morgan fingerprint density at radius 3 is 2.33 bits per heavy atom. The first-order valence-corrected chi connectivity index (χ1v) is 7.36. The predicted molar refractivity (Wildman–Crippen MR) is 83.9 cm³/mol. The van der Waals surface area contributed by atoms with Crippen LogP contribution in [0, 0.1) is 0 Å². The van der Waals surface area contributed by atoms with Crippen molar-refractivity contribution in [1.82, 2.24) is 10.2 Å². The van der Waals surface area contributed by atoms with Gasteiger partial charge in [0.15, 0.2) is 0 Å². The van der Waals surface area contributed by atoms with Crippen molar-refractivity contribution in [3.8, 4) is 0 Å². The molecule has 112 valence electrons. The van der Waals surface area contributed by atoms with E-state index in [9.17, 15) is 9.59 Å². The summed E-state index contributed by atoms with van der Waals surface area (Å²) in [4.78, 5) is 25.1. The third-order valence-corrected chi connectivity index (χ3v) is 3.69. The second-order valence-electron chi connectivity index (χ2n) is 5.64. The number of nitrogens with one attached hydrogen (secondary N) is 1. The molecule has 1 aliphatic carbocycles. The largest absolute Gasteiger partial charge is 0.350 e. The topological polar surface area (TPSA) is 49.4 Å². The van der Waals surface area contributed by atoms with Crippen LogP contribution < -0.4 is 5.32 Å². The number of hydrogen-bond acceptors (Lipinski definition) is 2. The van der Waals surface area contributed by atoms with Gasteiger partial charge in [-0.25, -0.2) is 0 Å². The molecule has 4 heteroatoms. The predicted octanol–water partition coefficient (Wildman–Crippen LogP) is 2.46. The first-order chi connectivity index (χ1) is 10.1. The van der Waals surface area contributed by atoms with Gasteiger partial charge >= 0.3 is 0 Å². The summed E-state index contributed by atoms with van der Waals surface area (Å²) in [6, 6.07) is 7.57. The van der Waals surface area contributed by atoms with Gasteiger partial charge in [-0.3, -0.25) is 9.59 Å². The minimum absolute atomic E-state index is 0.0236. The van der Waals surface area contributed by atoms with E-state index in [-0.39, 0.29) is 11.8 Å². The zero-order valence-electron chi connectivity index (χ0n) is 12.6. The molecule has 21 heavy (non-hydrogen) atoms. The number of benzene rings is 1. The standard InChI is InChI=1S/C17H22N2O2/c1-19(2)17(21)14-10-7-13(8-11-14)9-12-16(20)18-15-5-3-4-6-15/h7-12,15H,3-6H2,1-2H3,(H,18,20)/b12-9+. The normalized spacial score (nSPS) is 15.3. The molecular weight excluding hydrogens is 264 g/mol. The van der Waals surface area contributed by atoms with Crippen LogP contribution in [0.1, 0.15) is 41.6 Å². The van der Waals surface area contributed by atoms with Crippen LogP contribution in [-0.4, -0.2) is 36.9 Å². The molecule has 1 aromatic carbocycles. The minimum Gasteiger partial charge on any atom is -0.350 e. The highest BCUT2D eigenvalue weighted by Crippen LogP contribution is 2.17. The van der Waals surface area contributed by atoms with Crippen LogP contribution in [0.5, 0.6) is 0 Å². The summed E-state index contributed by atoms with van der Waals surface area (Å²) in [5.74, 6) is -0.0696. The van der Waals surface area contributed by atoms with Crippen molar-refractivity contribution >= 4 is 17.9 Å². The molecule has 0 aliphatic heterocycles. The van der Waals surface area contributed by atoms with Crippen LogP contribution in [0.3, 0.4) is 0 Å². The van der Waals surface area contributed by atoms with Crippen molar-refractivity contribution in [3.05, 3.63) is 41.5 Å². The fourth-order valence-electron chi connectivity index (χ4n) is 2.49. The highest BCUT2D eigenvalue weighted by atomic mass is 16.2. The number of hydrogen-bond donors (Lipinski definition) is 1. The van der Waals surface area contributed by atoms with E-state index in [0.29, 0.717) is 11.6 Å². The molecular formula is C17H22N2O2. The second kappa shape index (κ2) is 7.07. The average Bonchev–Trinajstić information content (AvgIpc) is 2.97. The minimum atomic E-state index is -0.0460. The van der Waals surface area contributed by atoms with E-state index < -0.39 is 0 Å². The summed E-state index contributed by atoms with van der Waals surface area (Å²) >= 11 is 0. The molecule has 0 bridgehead atoms.